The van der Waals surface area contributed by atoms with E-state index in [0.29, 0.717) is 13.2 Å². The van der Waals surface area contributed by atoms with Gasteiger partial charge in [0, 0.05) is 37.2 Å². The van der Waals surface area contributed by atoms with E-state index in [9.17, 15) is 4.79 Å². The maximum atomic E-state index is 12.1. The largest absolute Gasteiger partial charge is 0.466 e. The molecule has 3 aromatic heterocycles. The van der Waals surface area contributed by atoms with Crippen LogP contribution in [0, 0.1) is 5.92 Å². The number of nitrogens with zero attached hydrogens (tertiary/aromatic N) is 4. The van der Waals surface area contributed by atoms with Gasteiger partial charge in [0.25, 0.3) is 0 Å². The number of anilines is 2. The molecule has 0 aromatic carbocycles. The molecular formula is C18H20N6O2. The number of hydrogen-bond donors (Lipinski definition) is 2. The third kappa shape index (κ3) is 2.83. The number of aromatic nitrogens is 4. The number of fused-ring (bicyclic) bond motifs is 1. The van der Waals surface area contributed by atoms with Gasteiger partial charge in [-0.3, -0.25) is 4.79 Å². The number of hydrogen-bond acceptors (Lipinski definition) is 7. The molecule has 1 atom stereocenters. The number of nitrogens with one attached hydrogen (secondary N) is 1. The van der Waals surface area contributed by atoms with Gasteiger partial charge in [0.05, 0.1) is 29.3 Å². The maximum Gasteiger partial charge on any atom is 0.310 e. The Morgan fingerprint density at radius 2 is 2.23 bits per heavy atom. The Morgan fingerprint density at radius 1 is 1.38 bits per heavy atom. The number of nitrogen functional groups attached to an aromatic ring is 1. The predicted molar refractivity (Wildman–Crippen MR) is 98.5 cm³/mol. The van der Waals surface area contributed by atoms with Crippen LogP contribution in [-0.4, -0.2) is 45.6 Å². The summed E-state index contributed by atoms with van der Waals surface area (Å²) in [4.78, 5) is 30.2. The number of H-pyrrole nitrogens is 1. The molecule has 4 rings (SSSR count). The minimum absolute atomic E-state index is 0.102. The Balaban J connectivity index is 1.73. The molecule has 1 unspecified atom stereocenters. The second kappa shape index (κ2) is 6.62. The summed E-state index contributed by atoms with van der Waals surface area (Å²) in [6.45, 7) is 3.66. The minimum Gasteiger partial charge on any atom is -0.466 e. The molecule has 3 aromatic rings. The van der Waals surface area contributed by atoms with Crippen molar-refractivity contribution in [1.29, 1.82) is 0 Å². The zero-order valence-electron chi connectivity index (χ0n) is 14.5. The lowest BCUT2D eigenvalue weighted by molar-refractivity contribution is -0.147. The summed E-state index contributed by atoms with van der Waals surface area (Å²) in [5, 5.41) is 0.968. The van der Waals surface area contributed by atoms with Crippen LogP contribution in [0.2, 0.25) is 0 Å². The Labute approximate surface area is 150 Å². The number of rotatable bonds is 4. The highest BCUT2D eigenvalue weighted by molar-refractivity contribution is 6.02. The molecular weight excluding hydrogens is 332 g/mol. The average molecular weight is 352 g/mol. The number of carbonyl (C=O) groups is 1. The zero-order chi connectivity index (χ0) is 18.1. The van der Waals surface area contributed by atoms with Crippen LogP contribution in [0.3, 0.4) is 0 Å². The quantitative estimate of drug-likeness (QED) is 0.691. The molecule has 4 heterocycles. The van der Waals surface area contributed by atoms with Crippen LogP contribution >= 0.6 is 0 Å². The van der Waals surface area contributed by atoms with Gasteiger partial charge in [-0.05, 0) is 25.5 Å². The summed E-state index contributed by atoms with van der Waals surface area (Å²) in [6.07, 6.45) is 6.06. The van der Waals surface area contributed by atoms with Crippen molar-refractivity contribution in [3.05, 3.63) is 30.7 Å². The molecule has 1 aliphatic heterocycles. The third-order valence-corrected chi connectivity index (χ3v) is 4.65. The molecule has 26 heavy (non-hydrogen) atoms. The van der Waals surface area contributed by atoms with Gasteiger partial charge in [-0.25, -0.2) is 15.0 Å². The van der Waals surface area contributed by atoms with Crippen LogP contribution in [0.5, 0.6) is 0 Å². The lowest BCUT2D eigenvalue weighted by atomic mass is 10.1. The van der Waals surface area contributed by atoms with Crippen molar-refractivity contribution in [3.8, 4) is 11.3 Å². The predicted octanol–water partition coefficient (Wildman–Crippen LogP) is 1.99. The van der Waals surface area contributed by atoms with Crippen molar-refractivity contribution in [2.45, 2.75) is 13.3 Å². The second-order valence-corrected chi connectivity index (χ2v) is 6.24. The summed E-state index contributed by atoms with van der Waals surface area (Å²) in [7, 11) is 0. The van der Waals surface area contributed by atoms with Crippen LogP contribution in [0.1, 0.15) is 13.3 Å². The fraction of sp³-hybridized carbons (Fsp3) is 0.333. The number of ether oxygens (including phenoxy) is 1. The van der Waals surface area contributed by atoms with Gasteiger partial charge in [-0.2, -0.15) is 0 Å². The molecule has 0 spiro atoms. The lowest BCUT2D eigenvalue weighted by Crippen LogP contribution is -2.24. The van der Waals surface area contributed by atoms with Gasteiger partial charge < -0.3 is 20.4 Å². The molecule has 1 saturated heterocycles. The summed E-state index contributed by atoms with van der Waals surface area (Å²) in [6, 6.07) is 3.79. The van der Waals surface area contributed by atoms with Gasteiger partial charge >= 0.3 is 5.97 Å². The highest BCUT2D eigenvalue weighted by atomic mass is 16.5. The van der Waals surface area contributed by atoms with Gasteiger partial charge in [0.1, 0.15) is 5.65 Å². The number of pyridine rings is 1. The van der Waals surface area contributed by atoms with E-state index in [0.717, 1.165) is 40.9 Å². The molecule has 3 N–H and O–H groups in total. The molecule has 8 nitrogen and oxygen atoms in total. The minimum atomic E-state index is -0.127. The summed E-state index contributed by atoms with van der Waals surface area (Å²) in [5.74, 6) is -0.000689. The fourth-order valence-electron chi connectivity index (χ4n) is 3.46. The van der Waals surface area contributed by atoms with E-state index in [-0.39, 0.29) is 17.8 Å². The van der Waals surface area contributed by atoms with Crippen LogP contribution in [0.4, 0.5) is 11.6 Å². The van der Waals surface area contributed by atoms with Crippen LogP contribution in [0.25, 0.3) is 22.3 Å². The molecule has 1 fully saturated rings. The number of esters is 1. The van der Waals surface area contributed by atoms with Crippen molar-refractivity contribution < 1.29 is 9.53 Å². The first-order chi connectivity index (χ1) is 12.7. The average Bonchev–Trinajstić information content (AvgIpc) is 3.29. The highest BCUT2D eigenvalue weighted by Crippen LogP contribution is 2.36. The molecule has 8 heteroatoms. The first kappa shape index (κ1) is 16.3. The molecule has 1 aliphatic rings. The van der Waals surface area contributed by atoms with Gasteiger partial charge in [0.15, 0.2) is 0 Å². The molecule has 0 bridgehead atoms. The summed E-state index contributed by atoms with van der Waals surface area (Å²) >= 11 is 0. The second-order valence-electron chi connectivity index (χ2n) is 6.24. The molecule has 0 saturated carbocycles. The van der Waals surface area contributed by atoms with E-state index < -0.39 is 0 Å². The van der Waals surface area contributed by atoms with E-state index in [2.05, 4.69) is 24.8 Å². The van der Waals surface area contributed by atoms with Crippen molar-refractivity contribution in [1.82, 2.24) is 19.9 Å². The fourth-order valence-corrected chi connectivity index (χ4v) is 3.46. The number of aromatic amines is 1. The topological polar surface area (TPSA) is 110 Å². The SMILES string of the molecule is CCOC(=O)C1CCN(c2ccnc3[nH]cc(-c4ccnc(N)n4)c23)C1. The maximum absolute atomic E-state index is 12.1. The van der Waals surface area contributed by atoms with Gasteiger partial charge in [-0.15, -0.1) is 0 Å². The highest BCUT2D eigenvalue weighted by Gasteiger charge is 2.31. The number of carbonyl (C=O) groups excluding carboxylic acids is 1. The Hall–Kier alpha value is -3.16. The monoisotopic (exact) mass is 352 g/mol. The Kier molecular flexibility index (Phi) is 4.16. The molecule has 134 valence electrons. The molecule has 0 amide bonds. The molecule has 0 radical (unpaired) electrons. The van der Waals surface area contributed by atoms with E-state index in [1.807, 2.05) is 25.3 Å². The molecule has 0 aliphatic carbocycles. The van der Waals surface area contributed by atoms with E-state index in [1.165, 1.54) is 0 Å². The van der Waals surface area contributed by atoms with E-state index >= 15 is 0 Å². The normalized spacial score (nSPS) is 17.0. The van der Waals surface area contributed by atoms with Crippen molar-refractivity contribution in [2.75, 3.05) is 30.3 Å². The smallest absolute Gasteiger partial charge is 0.310 e. The van der Waals surface area contributed by atoms with Gasteiger partial charge in [0.2, 0.25) is 5.95 Å². The third-order valence-electron chi connectivity index (χ3n) is 4.65. The van der Waals surface area contributed by atoms with Crippen molar-refractivity contribution in [2.24, 2.45) is 5.92 Å². The summed E-state index contributed by atoms with van der Waals surface area (Å²) in [5.41, 5.74) is 9.18. The zero-order valence-corrected chi connectivity index (χ0v) is 14.5. The Morgan fingerprint density at radius 3 is 3.04 bits per heavy atom. The number of nitrogens with two attached hydrogens (primary N) is 1. The first-order valence-corrected chi connectivity index (χ1v) is 8.64. The van der Waals surface area contributed by atoms with E-state index in [1.54, 1.807) is 12.4 Å². The van der Waals surface area contributed by atoms with Crippen LogP contribution in [0.15, 0.2) is 30.7 Å². The Bertz CT molecular complexity index is 954. The van der Waals surface area contributed by atoms with E-state index in [4.69, 9.17) is 10.5 Å². The van der Waals surface area contributed by atoms with Gasteiger partial charge in [-0.1, -0.05) is 0 Å². The first-order valence-electron chi connectivity index (χ1n) is 8.64. The van der Waals surface area contributed by atoms with Crippen LogP contribution in [-0.2, 0) is 9.53 Å². The summed E-state index contributed by atoms with van der Waals surface area (Å²) < 4.78 is 5.17. The lowest BCUT2D eigenvalue weighted by Gasteiger charge is -2.20. The standard InChI is InChI=1S/C18H20N6O2/c1-2-26-17(25)11-5-8-24(10-11)14-4-7-20-16-15(14)12(9-22-16)13-3-6-21-18(19)23-13/h3-4,6-7,9,11H,2,5,8,10H2,1H3,(H,20,22)(H2,19,21,23). The van der Waals surface area contributed by atoms with Crippen molar-refractivity contribution >= 4 is 28.6 Å². The van der Waals surface area contributed by atoms with Crippen molar-refractivity contribution in [3.63, 3.8) is 0 Å². The van der Waals surface area contributed by atoms with Crippen LogP contribution < -0.4 is 10.6 Å².